The number of hydrogen-bond acceptors (Lipinski definition) is 1. The molecule has 0 N–H and O–H groups in total. The molecule has 0 aromatic rings. The van der Waals surface area contributed by atoms with Crippen molar-refractivity contribution in [3.05, 3.63) is 0 Å². The highest BCUT2D eigenvalue weighted by atomic mass is 28.3. The lowest BCUT2D eigenvalue weighted by Gasteiger charge is -1.67. The molecule has 6 heavy (non-hydrogen) atoms. The van der Waals surface area contributed by atoms with Gasteiger partial charge in [0.1, 0.15) is 0 Å². The Morgan fingerprint density at radius 1 is 1.17 bits per heavy atom. The Balaban J connectivity index is 2.37. The SMILES string of the molecule is O=[Si]1CCCC1. The molecule has 1 aliphatic heterocycles. The average Bonchev–Trinajstić information content (AvgIpc) is 1.86. The average molecular weight is 100 g/mol. The zero-order chi connectivity index (χ0) is 4.41. The molecule has 0 bridgehead atoms. The second-order valence-corrected chi connectivity index (χ2v) is 3.82. The third kappa shape index (κ3) is 0.743. The lowest BCUT2D eigenvalue weighted by Crippen LogP contribution is -1.84. The van der Waals surface area contributed by atoms with Gasteiger partial charge in [-0.1, -0.05) is 0 Å². The molecule has 0 saturated carbocycles. The van der Waals surface area contributed by atoms with Crippen molar-refractivity contribution in [2.45, 2.75) is 24.9 Å². The second kappa shape index (κ2) is 1.64. The van der Waals surface area contributed by atoms with Crippen molar-refractivity contribution in [3.8, 4) is 0 Å². The van der Waals surface area contributed by atoms with Crippen LogP contribution in [0.25, 0.3) is 0 Å². The van der Waals surface area contributed by atoms with Crippen molar-refractivity contribution in [2.75, 3.05) is 0 Å². The molecule has 34 valence electrons. The molecule has 2 heteroatoms. The van der Waals surface area contributed by atoms with Crippen molar-refractivity contribution < 1.29 is 4.46 Å². The van der Waals surface area contributed by atoms with E-state index in [0.29, 0.717) is 0 Å². The van der Waals surface area contributed by atoms with Gasteiger partial charge < -0.3 is 4.46 Å². The summed E-state index contributed by atoms with van der Waals surface area (Å²) in [6.45, 7) is 0. The molecule has 1 nitrogen and oxygen atoms in total. The van der Waals surface area contributed by atoms with Crippen LogP contribution in [0.15, 0.2) is 0 Å². The third-order valence-corrected chi connectivity index (χ3v) is 2.98. The van der Waals surface area contributed by atoms with Crippen LogP contribution >= 0.6 is 0 Å². The van der Waals surface area contributed by atoms with Crippen molar-refractivity contribution in [1.82, 2.24) is 0 Å². The molecule has 1 aliphatic rings. The Hall–Kier alpha value is 0.0169. The molecule has 0 aromatic carbocycles. The van der Waals surface area contributed by atoms with Gasteiger partial charge in [-0.2, -0.15) is 0 Å². The van der Waals surface area contributed by atoms with Gasteiger partial charge in [0.25, 0.3) is 8.68 Å². The zero-order valence-corrected chi connectivity index (χ0v) is 4.74. The predicted octanol–water partition coefficient (Wildman–Crippen LogP) is 1.20. The monoisotopic (exact) mass is 100 g/mol. The zero-order valence-electron chi connectivity index (χ0n) is 3.74. The summed E-state index contributed by atoms with van der Waals surface area (Å²) in [5, 5.41) is 0. The minimum Gasteiger partial charge on any atom is -0.388 e. The fourth-order valence-electron chi connectivity index (χ4n) is 0.769. The van der Waals surface area contributed by atoms with Crippen LogP contribution in [0.5, 0.6) is 0 Å². The molecule has 0 amide bonds. The first-order chi connectivity index (χ1) is 2.89. The summed E-state index contributed by atoms with van der Waals surface area (Å²) in [5.41, 5.74) is 0. The highest BCUT2D eigenvalue weighted by Gasteiger charge is 2.10. The van der Waals surface area contributed by atoms with E-state index in [0.717, 1.165) is 12.1 Å². The Labute approximate surface area is 39.0 Å². The smallest absolute Gasteiger partial charge is 0.276 e. The largest absolute Gasteiger partial charge is 0.388 e. The van der Waals surface area contributed by atoms with Gasteiger partial charge in [-0.05, 0) is 24.9 Å². The van der Waals surface area contributed by atoms with E-state index < -0.39 is 8.68 Å². The highest BCUT2D eigenvalue weighted by Crippen LogP contribution is 2.12. The first-order valence-corrected chi connectivity index (χ1v) is 4.23. The predicted molar refractivity (Wildman–Crippen MR) is 25.3 cm³/mol. The topological polar surface area (TPSA) is 17.1 Å². The van der Waals surface area contributed by atoms with E-state index in [9.17, 15) is 4.46 Å². The first kappa shape index (κ1) is 4.18. The highest BCUT2D eigenvalue weighted by molar-refractivity contribution is 6.43. The maximum atomic E-state index is 10.4. The Morgan fingerprint density at radius 3 is 1.83 bits per heavy atom. The summed E-state index contributed by atoms with van der Waals surface area (Å²) in [4.78, 5) is 0. The Morgan fingerprint density at radius 2 is 1.67 bits per heavy atom. The fraction of sp³-hybridized carbons (Fsp3) is 1.00. The maximum Gasteiger partial charge on any atom is 0.276 e. The number of rotatable bonds is 0. The van der Waals surface area contributed by atoms with E-state index in [4.69, 9.17) is 0 Å². The molecular formula is C4H8OSi. The minimum atomic E-state index is -1.01. The summed E-state index contributed by atoms with van der Waals surface area (Å²) < 4.78 is 10.4. The Bertz CT molecular complexity index is 61.9. The minimum absolute atomic E-state index is 1.01. The standard InChI is InChI=1S/C4H8OSi/c5-6-3-1-2-4-6/h1-4H2. The van der Waals surface area contributed by atoms with Crippen LogP contribution in [-0.2, 0) is 4.46 Å². The van der Waals surface area contributed by atoms with Crippen molar-refractivity contribution in [3.63, 3.8) is 0 Å². The van der Waals surface area contributed by atoms with Crippen molar-refractivity contribution in [1.29, 1.82) is 0 Å². The normalized spacial score (nSPS) is 22.3. The van der Waals surface area contributed by atoms with Crippen LogP contribution < -0.4 is 0 Å². The van der Waals surface area contributed by atoms with Crippen LogP contribution in [0.3, 0.4) is 0 Å². The van der Waals surface area contributed by atoms with Crippen molar-refractivity contribution >= 4 is 8.68 Å². The van der Waals surface area contributed by atoms with Gasteiger partial charge in [0, 0.05) is 0 Å². The van der Waals surface area contributed by atoms with Crippen LogP contribution in [-0.4, -0.2) is 8.68 Å². The molecule has 0 aliphatic carbocycles. The quantitative estimate of drug-likeness (QED) is 0.418. The summed E-state index contributed by atoms with van der Waals surface area (Å²) in [7, 11) is -1.01. The van der Waals surface area contributed by atoms with Gasteiger partial charge in [0.05, 0.1) is 0 Å². The molecule has 1 fully saturated rings. The van der Waals surface area contributed by atoms with Gasteiger partial charge >= 0.3 is 0 Å². The first-order valence-electron chi connectivity index (χ1n) is 2.41. The van der Waals surface area contributed by atoms with Crippen LogP contribution in [0.1, 0.15) is 12.8 Å². The summed E-state index contributed by atoms with van der Waals surface area (Å²) in [6.07, 6.45) is 2.44. The van der Waals surface area contributed by atoms with Crippen LogP contribution in [0.2, 0.25) is 12.1 Å². The molecule has 1 heterocycles. The summed E-state index contributed by atoms with van der Waals surface area (Å²) in [5.74, 6) is 0. The lowest BCUT2D eigenvalue weighted by molar-refractivity contribution is 0.564. The number of hydrogen-bond donors (Lipinski definition) is 0. The molecule has 0 radical (unpaired) electrons. The van der Waals surface area contributed by atoms with Gasteiger partial charge in [-0.15, -0.1) is 0 Å². The maximum absolute atomic E-state index is 10.4. The molecule has 0 spiro atoms. The van der Waals surface area contributed by atoms with E-state index in [2.05, 4.69) is 0 Å². The molecular weight excluding hydrogens is 92.1 g/mol. The second-order valence-electron chi connectivity index (χ2n) is 1.75. The van der Waals surface area contributed by atoms with E-state index in [1.165, 1.54) is 12.8 Å². The van der Waals surface area contributed by atoms with E-state index in [1.54, 1.807) is 0 Å². The van der Waals surface area contributed by atoms with E-state index in [1.807, 2.05) is 0 Å². The van der Waals surface area contributed by atoms with Gasteiger partial charge in [-0.3, -0.25) is 0 Å². The van der Waals surface area contributed by atoms with Gasteiger partial charge in [-0.25, -0.2) is 0 Å². The van der Waals surface area contributed by atoms with E-state index in [-0.39, 0.29) is 0 Å². The van der Waals surface area contributed by atoms with E-state index >= 15 is 0 Å². The van der Waals surface area contributed by atoms with Crippen LogP contribution in [0.4, 0.5) is 0 Å². The molecule has 0 aromatic heterocycles. The lowest BCUT2D eigenvalue weighted by atomic mass is 10.4. The molecule has 0 atom stereocenters. The van der Waals surface area contributed by atoms with Gasteiger partial charge in [0.2, 0.25) is 0 Å². The molecule has 0 unspecified atom stereocenters. The van der Waals surface area contributed by atoms with Crippen molar-refractivity contribution in [2.24, 2.45) is 0 Å². The summed E-state index contributed by atoms with van der Waals surface area (Å²) in [6, 6.07) is 2.06. The molecule has 1 saturated heterocycles. The van der Waals surface area contributed by atoms with Gasteiger partial charge in [0.15, 0.2) is 0 Å². The molecule has 1 rings (SSSR count). The Kier molecular flexibility index (Phi) is 1.15. The summed E-state index contributed by atoms with van der Waals surface area (Å²) >= 11 is 0. The third-order valence-electron chi connectivity index (χ3n) is 1.16. The fourth-order valence-corrected chi connectivity index (χ4v) is 2.31. The van der Waals surface area contributed by atoms with Crippen LogP contribution in [0, 0.1) is 0 Å².